The largest absolute Gasteiger partial charge is 0.491 e. The highest BCUT2D eigenvalue weighted by atomic mass is 32.2. The number of nitrogens with zero attached hydrogens (tertiary/aromatic N) is 1. The van der Waals surface area contributed by atoms with Crippen LogP contribution in [0.3, 0.4) is 0 Å². The van der Waals surface area contributed by atoms with Crippen molar-refractivity contribution >= 4 is 10.1 Å². The average Bonchev–Trinajstić information content (AvgIpc) is 2.55. The van der Waals surface area contributed by atoms with Crippen molar-refractivity contribution in [3.63, 3.8) is 0 Å². The topological polar surface area (TPSA) is 85.6 Å². The minimum atomic E-state index is -3.97. The van der Waals surface area contributed by atoms with Crippen molar-refractivity contribution in [3.05, 3.63) is 54.1 Å². The van der Waals surface area contributed by atoms with E-state index in [0.717, 1.165) is 0 Å². The molecule has 6 nitrogen and oxygen atoms in total. The second-order valence-electron chi connectivity index (χ2n) is 4.49. The maximum atomic E-state index is 12.2. The van der Waals surface area contributed by atoms with Gasteiger partial charge >= 0.3 is 10.1 Å². The maximum Gasteiger partial charge on any atom is 0.339 e. The van der Waals surface area contributed by atoms with Crippen molar-refractivity contribution in [1.82, 2.24) is 0 Å². The molecule has 2 aromatic carbocycles. The molecule has 0 unspecified atom stereocenters. The van der Waals surface area contributed by atoms with Crippen molar-refractivity contribution in [2.45, 2.75) is 4.90 Å². The highest BCUT2D eigenvalue weighted by Gasteiger charge is 2.17. The number of rotatable bonds is 7. The molecule has 0 spiro atoms. The Labute approximate surface area is 135 Å². The lowest BCUT2D eigenvalue weighted by Gasteiger charge is -2.09. The van der Waals surface area contributed by atoms with Gasteiger partial charge < -0.3 is 13.7 Å². The van der Waals surface area contributed by atoms with Gasteiger partial charge in [-0.1, -0.05) is 6.07 Å². The van der Waals surface area contributed by atoms with Gasteiger partial charge in [0, 0.05) is 7.11 Å². The summed E-state index contributed by atoms with van der Waals surface area (Å²) in [6.45, 7) is 0.818. The summed E-state index contributed by atoms with van der Waals surface area (Å²) in [5.74, 6) is 0.622. The first-order chi connectivity index (χ1) is 11.0. The number of hydrogen-bond acceptors (Lipinski definition) is 6. The predicted molar refractivity (Wildman–Crippen MR) is 82.8 cm³/mol. The van der Waals surface area contributed by atoms with Gasteiger partial charge in [-0.25, -0.2) is 0 Å². The molecule has 0 amide bonds. The molecule has 23 heavy (non-hydrogen) atoms. The summed E-state index contributed by atoms with van der Waals surface area (Å²) in [6, 6.07) is 13.7. The Kier molecular flexibility index (Phi) is 5.57. The van der Waals surface area contributed by atoms with Gasteiger partial charge in [-0.2, -0.15) is 13.7 Å². The molecule has 0 aliphatic heterocycles. The van der Waals surface area contributed by atoms with Crippen molar-refractivity contribution in [1.29, 1.82) is 5.26 Å². The van der Waals surface area contributed by atoms with E-state index in [-0.39, 0.29) is 10.6 Å². The smallest absolute Gasteiger partial charge is 0.339 e. The Bertz CT molecular complexity index is 794. The SMILES string of the molecule is COCCOc1ccc(S(=O)(=O)Oc2cccc(C#N)c2)cc1. The number of nitriles is 1. The van der Waals surface area contributed by atoms with E-state index in [0.29, 0.717) is 24.5 Å². The molecule has 0 saturated carbocycles. The summed E-state index contributed by atoms with van der Waals surface area (Å²) >= 11 is 0. The van der Waals surface area contributed by atoms with Crippen LogP contribution in [0.15, 0.2) is 53.4 Å². The van der Waals surface area contributed by atoms with Crippen LogP contribution in [0, 0.1) is 11.3 Å². The van der Waals surface area contributed by atoms with Gasteiger partial charge in [-0.3, -0.25) is 0 Å². The minimum absolute atomic E-state index is 0.000970. The molecule has 2 rings (SSSR count). The Morgan fingerprint density at radius 2 is 1.78 bits per heavy atom. The molecular weight excluding hydrogens is 318 g/mol. The van der Waals surface area contributed by atoms with Gasteiger partial charge in [-0.05, 0) is 42.5 Å². The summed E-state index contributed by atoms with van der Waals surface area (Å²) < 4.78 is 39.7. The molecule has 0 aliphatic carbocycles. The molecule has 0 aliphatic rings. The third-order valence-corrected chi connectivity index (χ3v) is 4.10. The molecule has 0 fully saturated rings. The molecule has 0 radical (unpaired) electrons. The zero-order valence-corrected chi connectivity index (χ0v) is 13.2. The van der Waals surface area contributed by atoms with E-state index < -0.39 is 10.1 Å². The fourth-order valence-electron chi connectivity index (χ4n) is 1.74. The zero-order valence-electron chi connectivity index (χ0n) is 12.4. The first-order valence-electron chi connectivity index (χ1n) is 6.71. The van der Waals surface area contributed by atoms with Crippen molar-refractivity contribution in [2.75, 3.05) is 20.3 Å². The van der Waals surface area contributed by atoms with Crippen molar-refractivity contribution < 1.29 is 22.1 Å². The molecule has 0 atom stereocenters. The van der Waals surface area contributed by atoms with Crippen LogP contribution in [0.1, 0.15) is 5.56 Å². The minimum Gasteiger partial charge on any atom is -0.491 e. The van der Waals surface area contributed by atoms with Crippen LogP contribution < -0.4 is 8.92 Å². The fraction of sp³-hybridized carbons (Fsp3) is 0.188. The van der Waals surface area contributed by atoms with Crippen LogP contribution in [-0.2, 0) is 14.9 Å². The van der Waals surface area contributed by atoms with Crippen molar-refractivity contribution in [2.24, 2.45) is 0 Å². The van der Waals surface area contributed by atoms with E-state index in [4.69, 9.17) is 18.9 Å². The Hall–Kier alpha value is -2.56. The summed E-state index contributed by atoms with van der Waals surface area (Å²) in [5, 5.41) is 8.82. The number of ether oxygens (including phenoxy) is 2. The lowest BCUT2D eigenvalue weighted by molar-refractivity contribution is 0.146. The summed E-state index contributed by atoms with van der Waals surface area (Å²) in [6.07, 6.45) is 0. The Morgan fingerprint density at radius 1 is 1.04 bits per heavy atom. The van der Waals surface area contributed by atoms with E-state index >= 15 is 0 Å². The molecular formula is C16H15NO5S. The third-order valence-electron chi connectivity index (χ3n) is 2.84. The number of methoxy groups -OCH3 is 1. The van der Waals surface area contributed by atoms with Crippen LogP contribution in [0.4, 0.5) is 0 Å². The fourth-order valence-corrected chi connectivity index (χ4v) is 2.66. The molecule has 7 heteroatoms. The van der Waals surface area contributed by atoms with Crippen LogP contribution in [0.25, 0.3) is 0 Å². The molecule has 0 saturated heterocycles. The van der Waals surface area contributed by atoms with E-state index in [1.807, 2.05) is 6.07 Å². The number of hydrogen-bond donors (Lipinski definition) is 0. The summed E-state index contributed by atoms with van der Waals surface area (Å²) in [5.41, 5.74) is 0.319. The van der Waals surface area contributed by atoms with E-state index in [9.17, 15) is 8.42 Å². The second kappa shape index (κ2) is 7.63. The average molecular weight is 333 g/mol. The van der Waals surface area contributed by atoms with Gasteiger partial charge in [0.25, 0.3) is 0 Å². The summed E-state index contributed by atoms with van der Waals surface area (Å²) in [4.78, 5) is -0.000970. The van der Waals surface area contributed by atoms with Crippen molar-refractivity contribution in [3.8, 4) is 17.6 Å². The van der Waals surface area contributed by atoms with Gasteiger partial charge in [0.2, 0.25) is 0 Å². The van der Waals surface area contributed by atoms with Crippen LogP contribution >= 0.6 is 0 Å². The van der Waals surface area contributed by atoms with Gasteiger partial charge in [0.05, 0.1) is 18.2 Å². The normalized spacial score (nSPS) is 10.8. The molecule has 2 aromatic rings. The summed E-state index contributed by atoms with van der Waals surface area (Å²) in [7, 11) is -2.40. The second-order valence-corrected chi connectivity index (χ2v) is 6.04. The predicted octanol–water partition coefficient (Wildman–Crippen LogP) is 2.35. The standard InChI is InChI=1S/C16H15NO5S/c1-20-9-10-21-14-5-7-16(8-6-14)23(18,19)22-15-4-2-3-13(11-15)12-17/h2-8,11H,9-10H2,1H3. The molecule has 0 bridgehead atoms. The Balaban J connectivity index is 2.11. The first-order valence-corrected chi connectivity index (χ1v) is 8.12. The monoisotopic (exact) mass is 333 g/mol. The zero-order chi connectivity index (χ0) is 16.7. The Morgan fingerprint density at radius 3 is 2.43 bits per heavy atom. The van der Waals surface area contributed by atoms with Crippen LogP contribution in [0.5, 0.6) is 11.5 Å². The highest BCUT2D eigenvalue weighted by molar-refractivity contribution is 7.87. The first kappa shape index (κ1) is 16.8. The van der Waals surface area contributed by atoms with Crippen LogP contribution in [0.2, 0.25) is 0 Å². The van der Waals surface area contributed by atoms with Crippen LogP contribution in [-0.4, -0.2) is 28.7 Å². The quantitative estimate of drug-likeness (QED) is 0.571. The molecule has 120 valence electrons. The maximum absolute atomic E-state index is 12.2. The van der Waals surface area contributed by atoms with E-state index in [1.54, 1.807) is 19.2 Å². The lowest BCUT2D eigenvalue weighted by Crippen LogP contribution is -2.10. The molecule has 0 heterocycles. The number of benzene rings is 2. The highest BCUT2D eigenvalue weighted by Crippen LogP contribution is 2.21. The lowest BCUT2D eigenvalue weighted by atomic mass is 10.2. The van der Waals surface area contributed by atoms with E-state index in [1.165, 1.54) is 36.4 Å². The molecule has 0 N–H and O–H groups in total. The third kappa shape index (κ3) is 4.71. The van der Waals surface area contributed by atoms with Gasteiger partial charge in [0.1, 0.15) is 23.0 Å². The van der Waals surface area contributed by atoms with E-state index in [2.05, 4.69) is 0 Å². The molecule has 0 aromatic heterocycles. The van der Waals surface area contributed by atoms with Gasteiger partial charge in [0.15, 0.2) is 0 Å². The van der Waals surface area contributed by atoms with Gasteiger partial charge in [-0.15, -0.1) is 0 Å².